The molecule has 0 saturated carbocycles. The summed E-state index contributed by atoms with van der Waals surface area (Å²) in [5.74, 6) is 0. The highest BCUT2D eigenvalue weighted by Gasteiger charge is 2.22. The first-order chi connectivity index (χ1) is 22.7. The molecule has 0 radical (unpaired) electrons. The van der Waals surface area contributed by atoms with Crippen LogP contribution in [0.1, 0.15) is 63.1 Å². The van der Waals surface area contributed by atoms with Crippen molar-refractivity contribution < 1.29 is 14.6 Å². The van der Waals surface area contributed by atoms with Gasteiger partial charge in [0.05, 0.1) is 15.4 Å². The van der Waals surface area contributed by atoms with Crippen LogP contribution in [-0.4, -0.2) is 28.2 Å². The normalized spacial score (nSPS) is 13.8. The van der Waals surface area contributed by atoms with Gasteiger partial charge in [0.25, 0.3) is 11.4 Å². The summed E-state index contributed by atoms with van der Waals surface area (Å²) in [5, 5.41) is 25.3. The number of hydrogen-bond donors (Lipinski definition) is 2. The van der Waals surface area contributed by atoms with Gasteiger partial charge >= 0.3 is 0 Å². The van der Waals surface area contributed by atoms with Crippen LogP contribution in [0.4, 0.5) is 11.4 Å². The number of aldehydes is 1. The van der Waals surface area contributed by atoms with Crippen LogP contribution < -0.4 is 11.1 Å². The van der Waals surface area contributed by atoms with Crippen LogP contribution in [0, 0.1) is 20.2 Å². The first-order valence-corrected chi connectivity index (χ1v) is 15.6. The van der Waals surface area contributed by atoms with E-state index in [-0.39, 0.29) is 21.9 Å². The van der Waals surface area contributed by atoms with Crippen molar-refractivity contribution in [1.82, 2.24) is 5.32 Å². The van der Waals surface area contributed by atoms with Gasteiger partial charge in [-0.15, -0.1) is 0 Å². The van der Waals surface area contributed by atoms with Crippen molar-refractivity contribution >= 4 is 29.8 Å². The monoisotopic (exact) mass is 632 g/mol. The molecule has 2 aliphatic rings. The summed E-state index contributed by atoms with van der Waals surface area (Å²) in [4.78, 5) is 31.5. The number of allylic oxidation sites excluding steroid dienone is 2. The third-order valence-electron chi connectivity index (χ3n) is 8.12. The molecule has 0 aliphatic heterocycles. The minimum absolute atomic E-state index is 0.100. The number of nitro groups is 2. The predicted molar refractivity (Wildman–Crippen MR) is 187 cm³/mol. The standard InChI is InChI=1S/C19H20N2O2.C10H9NO3.C9H11N/c1-2-5-14-8-9-17(19(10-14)21(22)23)13-20-18-11-15-6-3-4-7-16(15)12-18;1-2-3-8-4-5-9(7-12)10(6-8)11(13)14;10-9-5-7-3-1-2-4-8(7)6-9/h2-10,18,20H,11-13H2,1H3;2-7H,1H3;1-4,9H,5-6,10H2/b5-2+;3-2+;. The molecule has 4 aromatic rings. The first-order valence-electron chi connectivity index (χ1n) is 15.6. The Morgan fingerprint density at radius 3 is 1.66 bits per heavy atom. The molecule has 2 aliphatic carbocycles. The average molecular weight is 633 g/mol. The number of rotatable bonds is 8. The summed E-state index contributed by atoms with van der Waals surface area (Å²) in [6.45, 7) is 4.24. The average Bonchev–Trinajstić information content (AvgIpc) is 3.67. The molecule has 9 heteroatoms. The van der Waals surface area contributed by atoms with Crippen LogP contribution in [-0.2, 0) is 32.2 Å². The van der Waals surface area contributed by atoms with E-state index in [1.54, 1.807) is 24.3 Å². The topological polar surface area (TPSA) is 141 Å². The lowest BCUT2D eigenvalue weighted by Gasteiger charge is -2.12. The molecule has 0 unspecified atom stereocenters. The van der Waals surface area contributed by atoms with Crippen LogP contribution >= 0.6 is 0 Å². The highest BCUT2D eigenvalue weighted by molar-refractivity contribution is 5.82. The van der Waals surface area contributed by atoms with E-state index in [9.17, 15) is 25.0 Å². The van der Waals surface area contributed by atoms with Crippen molar-refractivity contribution in [2.75, 3.05) is 0 Å². The number of nitrogens with one attached hydrogen (secondary N) is 1. The smallest absolute Gasteiger partial charge is 0.280 e. The van der Waals surface area contributed by atoms with Crippen LogP contribution in [0.2, 0.25) is 0 Å². The highest BCUT2D eigenvalue weighted by atomic mass is 16.6. The lowest BCUT2D eigenvalue weighted by molar-refractivity contribution is -0.385. The predicted octanol–water partition coefficient (Wildman–Crippen LogP) is 7.44. The van der Waals surface area contributed by atoms with E-state index in [2.05, 4.69) is 53.8 Å². The van der Waals surface area contributed by atoms with Crippen molar-refractivity contribution in [2.24, 2.45) is 5.73 Å². The Bertz CT molecular complexity index is 1730. The number of fused-ring (bicyclic) bond motifs is 2. The third-order valence-corrected chi connectivity index (χ3v) is 8.12. The second-order valence-corrected chi connectivity index (χ2v) is 11.5. The Morgan fingerprint density at radius 2 is 1.19 bits per heavy atom. The summed E-state index contributed by atoms with van der Waals surface area (Å²) in [5.41, 5.74) is 13.9. The minimum Gasteiger partial charge on any atom is -0.327 e. The van der Waals surface area contributed by atoms with E-state index < -0.39 is 4.92 Å². The summed E-state index contributed by atoms with van der Waals surface area (Å²) >= 11 is 0. The molecule has 0 fully saturated rings. The second kappa shape index (κ2) is 16.9. The van der Waals surface area contributed by atoms with Gasteiger partial charge in [-0.3, -0.25) is 25.0 Å². The van der Waals surface area contributed by atoms with E-state index in [0.29, 0.717) is 30.5 Å². The van der Waals surface area contributed by atoms with Gasteiger partial charge in [-0.05, 0) is 79.0 Å². The molecular weight excluding hydrogens is 592 g/mol. The summed E-state index contributed by atoms with van der Waals surface area (Å²) < 4.78 is 0. The molecule has 9 nitrogen and oxygen atoms in total. The van der Waals surface area contributed by atoms with Gasteiger partial charge < -0.3 is 11.1 Å². The Labute approximate surface area is 275 Å². The van der Waals surface area contributed by atoms with Gasteiger partial charge in [-0.2, -0.15) is 0 Å². The van der Waals surface area contributed by atoms with Gasteiger partial charge in [-0.25, -0.2) is 0 Å². The maximum absolute atomic E-state index is 11.3. The summed E-state index contributed by atoms with van der Waals surface area (Å²) in [6, 6.07) is 27.6. The molecular formula is C38H40N4O5. The SMILES string of the molecule is C/C=C/c1ccc(C=O)c([N+](=O)[O-])c1.C/C=C/c1ccc(CNC2Cc3ccccc3C2)c([N+](=O)[O-])c1.NC1Cc2ccccc2C1. The zero-order chi connectivity index (χ0) is 33.8. The van der Waals surface area contributed by atoms with E-state index in [1.165, 1.54) is 34.4 Å². The number of nitro benzene ring substituents is 2. The number of hydrogen-bond acceptors (Lipinski definition) is 7. The molecule has 0 bridgehead atoms. The van der Waals surface area contributed by atoms with Crippen molar-refractivity contribution in [2.45, 2.75) is 58.2 Å². The highest BCUT2D eigenvalue weighted by Crippen LogP contribution is 2.25. The lowest BCUT2D eigenvalue weighted by Crippen LogP contribution is -2.29. The molecule has 0 amide bonds. The zero-order valence-electron chi connectivity index (χ0n) is 26.7. The van der Waals surface area contributed by atoms with Gasteiger partial charge in [0, 0.05) is 36.3 Å². The first kappa shape index (κ1) is 34.6. The lowest BCUT2D eigenvalue weighted by atomic mass is 10.1. The Kier molecular flexibility index (Phi) is 12.4. The van der Waals surface area contributed by atoms with Gasteiger partial charge in [0.15, 0.2) is 6.29 Å². The summed E-state index contributed by atoms with van der Waals surface area (Å²) in [7, 11) is 0. The second-order valence-electron chi connectivity index (χ2n) is 11.5. The van der Waals surface area contributed by atoms with Crippen molar-refractivity contribution in [3.63, 3.8) is 0 Å². The quantitative estimate of drug-likeness (QED) is 0.117. The van der Waals surface area contributed by atoms with Crippen molar-refractivity contribution in [1.29, 1.82) is 0 Å². The van der Waals surface area contributed by atoms with Crippen molar-refractivity contribution in [3.05, 3.63) is 162 Å². The van der Waals surface area contributed by atoms with E-state index in [4.69, 9.17) is 5.73 Å². The van der Waals surface area contributed by atoms with E-state index in [0.717, 1.165) is 36.8 Å². The van der Waals surface area contributed by atoms with Crippen LogP contribution in [0.5, 0.6) is 0 Å². The maximum Gasteiger partial charge on any atom is 0.280 e. The van der Waals surface area contributed by atoms with Crippen LogP contribution in [0.15, 0.2) is 97.1 Å². The number of benzene rings is 4. The van der Waals surface area contributed by atoms with Gasteiger partial charge in [-0.1, -0.05) is 91.0 Å². The van der Waals surface area contributed by atoms with Gasteiger partial charge in [0.1, 0.15) is 0 Å². The molecule has 47 heavy (non-hydrogen) atoms. The molecule has 6 rings (SSSR count). The molecule has 0 aromatic heterocycles. The molecule has 242 valence electrons. The van der Waals surface area contributed by atoms with E-state index in [1.807, 2.05) is 38.1 Å². The Morgan fingerprint density at radius 1 is 0.723 bits per heavy atom. The number of nitrogens with zero attached hydrogens (tertiary/aromatic N) is 2. The van der Waals surface area contributed by atoms with Crippen LogP contribution in [0.25, 0.3) is 12.2 Å². The molecule has 3 N–H and O–H groups in total. The Hall–Kier alpha value is -5.25. The number of carbonyl (C=O) groups is 1. The fourth-order valence-corrected chi connectivity index (χ4v) is 5.86. The molecule has 0 heterocycles. The van der Waals surface area contributed by atoms with E-state index >= 15 is 0 Å². The van der Waals surface area contributed by atoms with Crippen molar-refractivity contribution in [3.8, 4) is 0 Å². The molecule has 0 spiro atoms. The third kappa shape index (κ3) is 9.62. The Balaban J connectivity index is 0.000000176. The fraction of sp³-hybridized carbons (Fsp3) is 0.237. The number of carbonyl (C=O) groups excluding carboxylic acids is 1. The largest absolute Gasteiger partial charge is 0.327 e. The fourth-order valence-electron chi connectivity index (χ4n) is 5.86. The number of nitrogens with two attached hydrogens (primary N) is 1. The molecule has 4 aromatic carbocycles. The minimum atomic E-state index is -0.559. The zero-order valence-corrected chi connectivity index (χ0v) is 26.7. The summed E-state index contributed by atoms with van der Waals surface area (Å²) in [6.07, 6.45) is 11.9. The van der Waals surface area contributed by atoms with Gasteiger partial charge in [0.2, 0.25) is 0 Å². The molecule has 0 saturated heterocycles. The van der Waals surface area contributed by atoms with Crippen LogP contribution in [0.3, 0.4) is 0 Å². The maximum atomic E-state index is 11.3. The molecule has 0 atom stereocenters.